The summed E-state index contributed by atoms with van der Waals surface area (Å²) in [6.45, 7) is -3.97. The molecular formula is CH5O4PS. The molecule has 0 aliphatic rings. The predicted octanol–water partition coefficient (Wildman–Crippen LogP) is -1.35. The highest BCUT2D eigenvalue weighted by atomic mass is 32.5. The van der Waals surface area contributed by atoms with Gasteiger partial charge >= 0.3 is 17.9 Å². The molecule has 0 fully saturated rings. The Balaban J connectivity index is 3.73. The fourth-order valence-corrected chi connectivity index (χ4v) is 0.874. The van der Waals surface area contributed by atoms with E-state index in [1.807, 2.05) is 0 Å². The Kier molecular flexibility index (Phi) is 2.90. The summed E-state index contributed by atoms with van der Waals surface area (Å²) in [5, 5.41) is 0. The summed E-state index contributed by atoms with van der Waals surface area (Å²) in [5.74, 6) is 0. The van der Waals surface area contributed by atoms with E-state index in [2.05, 4.69) is 4.18 Å². The van der Waals surface area contributed by atoms with Gasteiger partial charge in [-0.1, -0.05) is 0 Å². The fourth-order valence-electron chi connectivity index (χ4n) is 0.0971. The number of rotatable bonds is 1. The zero-order chi connectivity index (χ0) is 5.91. The summed E-state index contributed by atoms with van der Waals surface area (Å²) in [6.07, 6.45) is 0. The molecule has 44 valence electrons. The summed E-state index contributed by atoms with van der Waals surface area (Å²) in [7, 11) is 1.20. The second-order valence-corrected chi connectivity index (χ2v) is 4.07. The highest BCUT2D eigenvalue weighted by Gasteiger charge is 2.05. The lowest BCUT2D eigenvalue weighted by molar-refractivity contribution is -0.196. The largest absolute Gasteiger partial charge is 0.739 e. The molecule has 6 heteroatoms. The van der Waals surface area contributed by atoms with E-state index < -0.39 is 6.72 Å². The van der Waals surface area contributed by atoms with Crippen molar-refractivity contribution >= 4 is 17.9 Å². The van der Waals surface area contributed by atoms with Crippen LogP contribution < -0.4 is 4.89 Å². The highest BCUT2D eigenvalue weighted by Crippen LogP contribution is 2.24. The van der Waals surface area contributed by atoms with Gasteiger partial charge in [-0.2, -0.15) is 0 Å². The van der Waals surface area contributed by atoms with Crippen molar-refractivity contribution in [3.63, 3.8) is 0 Å². The summed E-state index contributed by atoms with van der Waals surface area (Å²) >= 11 is 0.155. The molecule has 7 heavy (non-hydrogen) atoms. The van der Waals surface area contributed by atoms with Crippen molar-refractivity contribution in [1.82, 2.24) is 0 Å². The maximum Gasteiger partial charge on any atom is 0.399 e. The normalized spacial score (nSPS) is 11.4. The van der Waals surface area contributed by atoms with Gasteiger partial charge in [-0.05, 0) is 0 Å². The van der Waals surface area contributed by atoms with Crippen LogP contribution in [0.2, 0.25) is 0 Å². The van der Waals surface area contributed by atoms with Crippen molar-refractivity contribution < 1.29 is 18.9 Å². The van der Waals surface area contributed by atoms with Gasteiger partial charge in [0.25, 0.3) is 0 Å². The predicted molar refractivity (Wildman–Crippen MR) is 25.7 cm³/mol. The molecule has 0 heterocycles. The molecule has 0 aromatic rings. The van der Waals surface area contributed by atoms with Gasteiger partial charge in [-0.15, -0.1) is 4.18 Å². The maximum atomic E-state index is 9.76. The molecule has 0 radical (unpaired) electrons. The maximum absolute atomic E-state index is 9.76. The van der Waals surface area contributed by atoms with Crippen molar-refractivity contribution in [2.75, 3.05) is 7.11 Å². The second-order valence-electron chi connectivity index (χ2n) is 0.732. The molecule has 0 saturated heterocycles. The molecule has 4 nitrogen and oxygen atoms in total. The SMILES string of the molecule is CO[S+]=P([O-])(O)O. The van der Waals surface area contributed by atoms with Gasteiger partial charge in [-0.25, -0.2) is 0 Å². The van der Waals surface area contributed by atoms with Gasteiger partial charge in [0.15, 0.2) is 0 Å². The van der Waals surface area contributed by atoms with Gasteiger partial charge < -0.3 is 14.7 Å². The molecule has 0 aromatic heterocycles. The standard InChI is InChI=1S/CH5O4PS/c1-5-7-6(2,3)4/h1H3,(H2-,2,3,4). The first kappa shape index (κ1) is 7.49. The van der Waals surface area contributed by atoms with Crippen LogP contribution >= 0.6 is 6.72 Å². The smallest absolute Gasteiger partial charge is 0.399 e. The van der Waals surface area contributed by atoms with E-state index >= 15 is 0 Å². The van der Waals surface area contributed by atoms with E-state index in [1.54, 1.807) is 0 Å². The average Bonchev–Trinajstić information content (AvgIpc) is 1.30. The summed E-state index contributed by atoms with van der Waals surface area (Å²) in [5.41, 5.74) is 0. The second kappa shape index (κ2) is 2.71. The van der Waals surface area contributed by atoms with Crippen LogP contribution in [0.5, 0.6) is 0 Å². The molecule has 0 spiro atoms. The number of hydrogen-bond donors (Lipinski definition) is 2. The molecule has 0 bridgehead atoms. The third kappa shape index (κ3) is 6.49. The zero-order valence-electron chi connectivity index (χ0n) is 3.57. The van der Waals surface area contributed by atoms with Crippen molar-refractivity contribution in [3.8, 4) is 0 Å². The summed E-state index contributed by atoms with van der Waals surface area (Å²) < 4.78 is 4.06. The van der Waals surface area contributed by atoms with Crippen LogP contribution in [-0.2, 0) is 15.4 Å². The summed E-state index contributed by atoms with van der Waals surface area (Å²) in [4.78, 5) is 25.7. The molecule has 2 N–H and O–H groups in total. The highest BCUT2D eigenvalue weighted by molar-refractivity contribution is 8.13. The van der Waals surface area contributed by atoms with E-state index in [-0.39, 0.29) is 11.2 Å². The Morgan fingerprint density at radius 2 is 2.14 bits per heavy atom. The molecule has 0 aliphatic carbocycles. The van der Waals surface area contributed by atoms with E-state index in [0.29, 0.717) is 0 Å². The van der Waals surface area contributed by atoms with Crippen molar-refractivity contribution in [1.29, 1.82) is 0 Å². The minimum atomic E-state index is -3.97. The Labute approximate surface area is 44.8 Å². The minimum Gasteiger partial charge on any atom is -0.739 e. The Morgan fingerprint density at radius 3 is 2.14 bits per heavy atom. The Hall–Kier alpha value is 0.490. The molecule has 0 unspecified atom stereocenters. The van der Waals surface area contributed by atoms with E-state index in [4.69, 9.17) is 9.79 Å². The van der Waals surface area contributed by atoms with Crippen molar-refractivity contribution in [2.45, 2.75) is 0 Å². The molecule has 0 aromatic carbocycles. The zero-order valence-corrected chi connectivity index (χ0v) is 5.28. The van der Waals surface area contributed by atoms with Gasteiger partial charge in [0, 0.05) is 0 Å². The number of hydrogen-bond acceptors (Lipinski definition) is 2. The third-order valence-electron chi connectivity index (χ3n) is 0.172. The first-order valence-electron chi connectivity index (χ1n) is 1.34. The van der Waals surface area contributed by atoms with Gasteiger partial charge in [0.1, 0.15) is 7.11 Å². The van der Waals surface area contributed by atoms with Gasteiger partial charge in [0.2, 0.25) is 0 Å². The Bertz CT molecular complexity index is 85.6. The van der Waals surface area contributed by atoms with Gasteiger partial charge in [0.05, 0.1) is 0 Å². The molecule has 0 aliphatic heterocycles. The molecule has 0 saturated carbocycles. The van der Waals surface area contributed by atoms with Crippen LogP contribution in [0.4, 0.5) is 0 Å². The summed E-state index contributed by atoms with van der Waals surface area (Å²) in [6, 6.07) is 0. The lowest BCUT2D eigenvalue weighted by Crippen LogP contribution is -1.98. The topological polar surface area (TPSA) is 72.8 Å². The Morgan fingerprint density at radius 1 is 1.71 bits per heavy atom. The molecule has 0 rings (SSSR count). The lowest BCUT2D eigenvalue weighted by atomic mass is 11.8. The lowest BCUT2D eigenvalue weighted by Gasteiger charge is -1.97. The van der Waals surface area contributed by atoms with Crippen LogP contribution in [0.1, 0.15) is 0 Å². The van der Waals surface area contributed by atoms with Crippen LogP contribution in [0.3, 0.4) is 0 Å². The van der Waals surface area contributed by atoms with Crippen molar-refractivity contribution in [2.24, 2.45) is 0 Å². The van der Waals surface area contributed by atoms with Crippen LogP contribution in [0.25, 0.3) is 0 Å². The van der Waals surface area contributed by atoms with Crippen LogP contribution in [-0.4, -0.2) is 16.9 Å². The monoisotopic (exact) mass is 144 g/mol. The van der Waals surface area contributed by atoms with Crippen molar-refractivity contribution in [3.05, 3.63) is 0 Å². The van der Waals surface area contributed by atoms with Crippen LogP contribution in [0, 0.1) is 0 Å². The third-order valence-corrected chi connectivity index (χ3v) is 1.54. The quantitative estimate of drug-likeness (QED) is 0.271. The van der Waals surface area contributed by atoms with Crippen LogP contribution in [0.15, 0.2) is 0 Å². The van der Waals surface area contributed by atoms with E-state index in [0.717, 1.165) is 0 Å². The molecule has 0 atom stereocenters. The first-order valence-corrected chi connectivity index (χ1v) is 4.30. The molecular weight excluding hydrogens is 139 g/mol. The molecule has 0 amide bonds. The van der Waals surface area contributed by atoms with E-state index in [9.17, 15) is 4.89 Å². The minimum absolute atomic E-state index is 0.155. The van der Waals surface area contributed by atoms with E-state index in [1.165, 1.54) is 7.11 Å². The van der Waals surface area contributed by atoms with Gasteiger partial charge in [-0.3, -0.25) is 0 Å². The fraction of sp³-hybridized carbons (Fsp3) is 1.00. The average molecular weight is 144 g/mol. The first-order chi connectivity index (χ1) is 3.06.